The van der Waals surface area contributed by atoms with Gasteiger partial charge in [-0.25, -0.2) is 0 Å². The minimum absolute atomic E-state index is 0.250. The highest BCUT2D eigenvalue weighted by Gasteiger charge is 2.07. The maximum atomic E-state index is 8.67. The number of hydrogen-bond donors (Lipinski definition) is 3. The first kappa shape index (κ1) is 20.6. The van der Waals surface area contributed by atoms with Crippen molar-refractivity contribution in [3.8, 4) is 0 Å². The topological polar surface area (TPSA) is 101 Å². The number of unbranched alkanes of at least 4 members (excludes halogenated alkanes) is 2. The van der Waals surface area contributed by atoms with Crippen LogP contribution in [0.2, 0.25) is 6.32 Å². The molecule has 112 valence electrons. The highest BCUT2D eigenvalue weighted by atomic mass is 16.4. The van der Waals surface area contributed by atoms with Crippen molar-refractivity contribution in [3.05, 3.63) is 0 Å². The van der Waals surface area contributed by atoms with Gasteiger partial charge in [0, 0.05) is 6.04 Å². The maximum Gasteiger partial charge on any atom is 0.451 e. The Hall–Kier alpha value is -0.675. The van der Waals surface area contributed by atoms with E-state index in [0.717, 1.165) is 31.6 Å². The first-order chi connectivity index (χ1) is 8.93. The number of hydrogen-bond acceptors (Lipinski definition) is 5. The van der Waals surface area contributed by atoms with E-state index < -0.39 is 7.12 Å². The first-order valence-corrected chi connectivity index (χ1v) is 7.05. The van der Waals surface area contributed by atoms with E-state index in [2.05, 4.69) is 13.8 Å². The predicted octanol–water partition coefficient (Wildman–Crippen LogP) is 1.59. The van der Waals surface area contributed by atoms with Crippen LogP contribution in [0.5, 0.6) is 0 Å². The van der Waals surface area contributed by atoms with Crippen LogP contribution in [-0.2, 0) is 9.59 Å². The summed E-state index contributed by atoms with van der Waals surface area (Å²) in [7, 11) is -1.15. The predicted molar refractivity (Wildman–Crippen MR) is 75.1 cm³/mol. The van der Waals surface area contributed by atoms with Crippen molar-refractivity contribution >= 4 is 13.3 Å². The zero-order valence-corrected chi connectivity index (χ0v) is 12.2. The molecule has 1 atom stereocenters. The summed E-state index contributed by atoms with van der Waals surface area (Å²) in [4.78, 5) is 16.2. The van der Waals surface area contributed by atoms with Gasteiger partial charge in [0.05, 0.1) is 0 Å². The summed E-state index contributed by atoms with van der Waals surface area (Å²) in [6.45, 7) is 4.50. The molecule has 5 nitrogen and oxygen atoms in total. The summed E-state index contributed by atoms with van der Waals surface area (Å²) >= 11 is 0. The Morgan fingerprint density at radius 1 is 1.00 bits per heavy atom. The lowest BCUT2D eigenvalue weighted by Crippen LogP contribution is -2.20. The molecule has 0 rings (SSSR count). The van der Waals surface area contributed by atoms with Gasteiger partial charge in [-0.05, 0) is 25.1 Å². The smallest absolute Gasteiger partial charge is 0.427 e. The highest BCUT2D eigenvalue weighted by molar-refractivity contribution is 6.40. The summed E-state index contributed by atoms with van der Waals surface area (Å²) in [5.41, 5.74) is 5.98. The molecular formula is C13H28BNO4. The van der Waals surface area contributed by atoms with Crippen molar-refractivity contribution in [3.63, 3.8) is 0 Å². The summed E-state index contributed by atoms with van der Waals surface area (Å²) in [6.07, 6.45) is 8.50. The van der Waals surface area contributed by atoms with Crippen LogP contribution in [-0.4, -0.2) is 29.4 Å². The molecule has 0 aliphatic rings. The fourth-order valence-corrected chi connectivity index (χ4v) is 1.84. The van der Waals surface area contributed by atoms with Crippen molar-refractivity contribution in [2.45, 2.75) is 71.2 Å². The number of rotatable bonds is 10. The molecule has 19 heavy (non-hydrogen) atoms. The van der Waals surface area contributed by atoms with Crippen LogP contribution < -0.4 is 5.73 Å². The molecule has 0 bridgehead atoms. The van der Waals surface area contributed by atoms with Crippen molar-refractivity contribution in [1.29, 1.82) is 0 Å². The molecule has 0 saturated heterocycles. The lowest BCUT2D eigenvalue weighted by Gasteiger charge is -2.11. The van der Waals surface area contributed by atoms with Crippen molar-refractivity contribution < 1.29 is 19.6 Å². The van der Waals surface area contributed by atoms with Gasteiger partial charge < -0.3 is 15.8 Å². The zero-order chi connectivity index (χ0) is 15.1. The van der Waals surface area contributed by atoms with Gasteiger partial charge in [0.2, 0.25) is 0 Å². The van der Waals surface area contributed by atoms with E-state index in [1.165, 1.54) is 19.3 Å². The molecule has 4 N–H and O–H groups in total. The second kappa shape index (κ2) is 15.4. The molecular weight excluding hydrogens is 245 g/mol. The molecule has 0 aromatic heterocycles. The van der Waals surface area contributed by atoms with Crippen LogP contribution in [0.1, 0.15) is 58.8 Å². The van der Waals surface area contributed by atoms with E-state index in [0.29, 0.717) is 12.4 Å². The van der Waals surface area contributed by atoms with Gasteiger partial charge in [0.25, 0.3) is 0 Å². The highest BCUT2D eigenvalue weighted by Crippen LogP contribution is 2.12. The van der Waals surface area contributed by atoms with Crippen LogP contribution in [0.3, 0.4) is 0 Å². The second-order valence-electron chi connectivity index (χ2n) is 5.29. The molecule has 0 fully saturated rings. The van der Waals surface area contributed by atoms with Crippen molar-refractivity contribution in [1.82, 2.24) is 0 Å². The molecule has 0 aliphatic heterocycles. The summed E-state index contributed by atoms with van der Waals surface area (Å²) in [6, 6.07) is 0.294. The van der Waals surface area contributed by atoms with Crippen LogP contribution in [0, 0.1) is 5.92 Å². The lowest BCUT2D eigenvalue weighted by atomic mass is 9.83. The van der Waals surface area contributed by atoms with Gasteiger partial charge in [0.1, 0.15) is 0 Å². The third kappa shape index (κ3) is 22.9. The van der Waals surface area contributed by atoms with Gasteiger partial charge in [-0.3, -0.25) is 0 Å². The summed E-state index contributed by atoms with van der Waals surface area (Å²) in [5.74, 6) is 0.794. The van der Waals surface area contributed by atoms with E-state index in [1.54, 1.807) is 0 Å². The lowest BCUT2D eigenvalue weighted by molar-refractivity contribution is -0.191. The second-order valence-corrected chi connectivity index (χ2v) is 5.29. The number of nitrogens with two attached hydrogens (primary N) is 1. The Kier molecular flexibility index (Phi) is 16.7. The molecule has 6 heteroatoms. The molecule has 0 aromatic carbocycles. The standard InChI is InChI=1S/C12H28BNO2.CO2/c1-11(2)7-3-4-8-12(14)9-5-6-10-13(15)16;2-1-3/h11-12,15-16H,3-10,14H2,1-2H3;/t12-;/m0./s1. The first-order valence-electron chi connectivity index (χ1n) is 7.05. The molecule has 0 aliphatic carbocycles. The van der Waals surface area contributed by atoms with E-state index in [9.17, 15) is 0 Å². The Bertz CT molecular complexity index is 203. The van der Waals surface area contributed by atoms with Gasteiger partial charge >= 0.3 is 13.3 Å². The average molecular weight is 273 g/mol. The van der Waals surface area contributed by atoms with Crippen LogP contribution in [0.25, 0.3) is 0 Å². The van der Waals surface area contributed by atoms with Gasteiger partial charge in [0.15, 0.2) is 0 Å². The molecule has 0 saturated carbocycles. The molecule has 0 amide bonds. The molecule has 0 heterocycles. The minimum atomic E-state index is -1.15. The molecule has 0 aromatic rings. The third-order valence-corrected chi connectivity index (χ3v) is 2.89. The van der Waals surface area contributed by atoms with E-state index in [-0.39, 0.29) is 6.15 Å². The van der Waals surface area contributed by atoms with Crippen LogP contribution in [0.15, 0.2) is 0 Å². The SMILES string of the molecule is CC(C)CCCC[C@H](N)CCCCB(O)O.O=C=O. The largest absolute Gasteiger partial charge is 0.451 e. The van der Waals surface area contributed by atoms with E-state index >= 15 is 0 Å². The Morgan fingerprint density at radius 3 is 1.84 bits per heavy atom. The summed E-state index contributed by atoms with van der Waals surface area (Å²) < 4.78 is 0. The monoisotopic (exact) mass is 273 g/mol. The average Bonchev–Trinajstić information content (AvgIpc) is 2.31. The fraction of sp³-hybridized carbons (Fsp3) is 0.923. The Labute approximate surface area is 116 Å². The van der Waals surface area contributed by atoms with E-state index in [1.807, 2.05) is 0 Å². The van der Waals surface area contributed by atoms with Crippen LogP contribution in [0.4, 0.5) is 0 Å². The van der Waals surface area contributed by atoms with Crippen molar-refractivity contribution in [2.24, 2.45) is 11.7 Å². The molecule has 0 radical (unpaired) electrons. The summed E-state index contributed by atoms with van der Waals surface area (Å²) in [5, 5.41) is 17.3. The van der Waals surface area contributed by atoms with E-state index in [4.69, 9.17) is 25.4 Å². The van der Waals surface area contributed by atoms with Gasteiger partial charge in [-0.1, -0.05) is 46.0 Å². The van der Waals surface area contributed by atoms with Gasteiger partial charge in [-0.15, -0.1) is 0 Å². The van der Waals surface area contributed by atoms with Gasteiger partial charge in [-0.2, -0.15) is 9.59 Å². The maximum absolute atomic E-state index is 8.67. The zero-order valence-electron chi connectivity index (χ0n) is 12.2. The molecule has 0 spiro atoms. The normalized spacial score (nSPS) is 11.5. The Balaban J connectivity index is 0. The quantitative estimate of drug-likeness (QED) is 0.414. The third-order valence-electron chi connectivity index (χ3n) is 2.89. The number of carbonyl (C=O) groups excluding carboxylic acids is 2. The Morgan fingerprint density at radius 2 is 1.42 bits per heavy atom. The fourth-order valence-electron chi connectivity index (χ4n) is 1.84. The minimum Gasteiger partial charge on any atom is -0.427 e. The van der Waals surface area contributed by atoms with Crippen molar-refractivity contribution in [2.75, 3.05) is 0 Å². The molecule has 0 unspecified atom stereocenters. The van der Waals surface area contributed by atoms with Crippen LogP contribution >= 0.6 is 0 Å².